The van der Waals surface area contributed by atoms with Crippen molar-refractivity contribution in [1.82, 2.24) is 20.2 Å². The molecule has 0 aromatic carbocycles. The fraction of sp³-hybridized carbons (Fsp3) is 0.545. The number of hydrogen-bond acceptors (Lipinski definition) is 4. The third-order valence-electron chi connectivity index (χ3n) is 2.48. The van der Waals surface area contributed by atoms with Crippen LogP contribution in [-0.2, 0) is 23.0 Å². The highest BCUT2D eigenvalue weighted by Crippen LogP contribution is 1.94. The van der Waals surface area contributed by atoms with Crippen LogP contribution in [0.5, 0.6) is 0 Å². The molecule has 2 amide bonds. The Labute approximate surface area is 106 Å². The van der Waals surface area contributed by atoms with Crippen molar-refractivity contribution in [1.29, 1.82) is 0 Å². The van der Waals surface area contributed by atoms with Crippen LogP contribution in [0.25, 0.3) is 0 Å². The first-order valence-corrected chi connectivity index (χ1v) is 5.63. The van der Waals surface area contributed by atoms with Crippen LogP contribution >= 0.6 is 0 Å². The summed E-state index contributed by atoms with van der Waals surface area (Å²) in [5.41, 5.74) is 0. The summed E-state index contributed by atoms with van der Waals surface area (Å²) < 4.78 is 6.30. The maximum atomic E-state index is 11.6. The van der Waals surface area contributed by atoms with Gasteiger partial charge in [0, 0.05) is 32.4 Å². The highest BCUT2D eigenvalue weighted by molar-refractivity contribution is 5.85. The number of rotatable bonds is 5. The van der Waals surface area contributed by atoms with E-state index in [9.17, 15) is 9.59 Å². The molecule has 0 spiro atoms. The number of hydrogen-bond donors (Lipinski definition) is 2. The maximum absolute atomic E-state index is 11.6. The predicted molar refractivity (Wildman–Crippen MR) is 64.9 cm³/mol. The number of imidazole rings is 1. The first kappa shape index (κ1) is 14.0. The van der Waals surface area contributed by atoms with E-state index in [1.807, 2.05) is 17.8 Å². The average molecular weight is 254 g/mol. The third-order valence-corrected chi connectivity index (χ3v) is 2.48. The number of amides is 2. The van der Waals surface area contributed by atoms with Crippen LogP contribution < -0.4 is 10.6 Å². The number of ether oxygens (including phenoxy) is 1. The molecule has 7 nitrogen and oxygen atoms in total. The van der Waals surface area contributed by atoms with Crippen LogP contribution in [-0.4, -0.2) is 41.2 Å². The molecule has 100 valence electrons. The summed E-state index contributed by atoms with van der Waals surface area (Å²) in [6, 6.07) is -0.626. The van der Waals surface area contributed by atoms with Crippen molar-refractivity contribution < 1.29 is 14.3 Å². The van der Waals surface area contributed by atoms with Crippen molar-refractivity contribution in [2.75, 3.05) is 13.7 Å². The number of methoxy groups -OCH3 is 1. The van der Waals surface area contributed by atoms with E-state index in [0.29, 0.717) is 13.0 Å². The van der Waals surface area contributed by atoms with Gasteiger partial charge in [-0.2, -0.15) is 0 Å². The van der Waals surface area contributed by atoms with Crippen LogP contribution in [0.2, 0.25) is 0 Å². The first-order chi connectivity index (χ1) is 8.54. The van der Waals surface area contributed by atoms with Gasteiger partial charge in [-0.1, -0.05) is 0 Å². The van der Waals surface area contributed by atoms with E-state index < -0.39 is 12.1 Å². The van der Waals surface area contributed by atoms with Crippen molar-refractivity contribution in [3.05, 3.63) is 18.2 Å². The summed E-state index contributed by atoms with van der Waals surface area (Å²) in [4.78, 5) is 26.6. The van der Waals surface area contributed by atoms with Crippen LogP contribution in [0.4, 0.5) is 4.79 Å². The largest absolute Gasteiger partial charge is 0.453 e. The lowest BCUT2D eigenvalue weighted by Crippen LogP contribution is -2.45. The summed E-state index contributed by atoms with van der Waals surface area (Å²) in [5, 5.41) is 5.11. The molecule has 2 N–H and O–H groups in total. The van der Waals surface area contributed by atoms with E-state index in [2.05, 4.69) is 20.4 Å². The van der Waals surface area contributed by atoms with E-state index in [-0.39, 0.29) is 5.91 Å². The lowest BCUT2D eigenvalue weighted by Gasteiger charge is -2.12. The Morgan fingerprint density at radius 1 is 1.56 bits per heavy atom. The monoisotopic (exact) mass is 254 g/mol. The molecule has 0 radical (unpaired) electrons. The fourth-order valence-electron chi connectivity index (χ4n) is 1.39. The Kier molecular flexibility index (Phi) is 5.16. The topological polar surface area (TPSA) is 85.2 Å². The van der Waals surface area contributed by atoms with Crippen LogP contribution in [0.1, 0.15) is 12.7 Å². The SMILES string of the molecule is COC(=O)N[C@H](C)C(=O)NCCc1nccn1C. The second-order valence-corrected chi connectivity index (χ2v) is 3.85. The van der Waals surface area contributed by atoms with Crippen molar-refractivity contribution in [3.63, 3.8) is 0 Å². The summed E-state index contributed by atoms with van der Waals surface area (Å²) in [6.45, 7) is 2.06. The van der Waals surface area contributed by atoms with Crippen molar-refractivity contribution in [3.8, 4) is 0 Å². The smallest absolute Gasteiger partial charge is 0.407 e. The number of carbonyl (C=O) groups excluding carboxylic acids is 2. The molecular formula is C11H18N4O3. The van der Waals surface area contributed by atoms with Gasteiger partial charge >= 0.3 is 6.09 Å². The van der Waals surface area contributed by atoms with Crippen LogP contribution in [0, 0.1) is 0 Å². The van der Waals surface area contributed by atoms with Gasteiger partial charge in [0.05, 0.1) is 7.11 Å². The predicted octanol–water partition coefficient (Wildman–Crippen LogP) is -0.177. The quantitative estimate of drug-likeness (QED) is 0.763. The lowest BCUT2D eigenvalue weighted by molar-refractivity contribution is -0.122. The molecule has 0 unspecified atom stereocenters. The zero-order chi connectivity index (χ0) is 13.5. The van der Waals surface area contributed by atoms with Gasteiger partial charge in [-0.15, -0.1) is 0 Å². The molecule has 1 rings (SSSR count). The summed E-state index contributed by atoms with van der Waals surface area (Å²) in [6.07, 6.45) is 3.57. The second kappa shape index (κ2) is 6.63. The second-order valence-electron chi connectivity index (χ2n) is 3.85. The van der Waals surface area contributed by atoms with Crippen LogP contribution in [0.3, 0.4) is 0 Å². The van der Waals surface area contributed by atoms with Gasteiger partial charge in [0.25, 0.3) is 0 Å². The van der Waals surface area contributed by atoms with E-state index in [1.54, 1.807) is 13.1 Å². The van der Waals surface area contributed by atoms with E-state index in [1.165, 1.54) is 7.11 Å². The Morgan fingerprint density at radius 3 is 2.83 bits per heavy atom. The van der Waals surface area contributed by atoms with Gasteiger partial charge in [-0.3, -0.25) is 4.79 Å². The lowest BCUT2D eigenvalue weighted by atomic mass is 10.3. The molecule has 0 aliphatic carbocycles. The maximum Gasteiger partial charge on any atom is 0.407 e. The molecule has 0 saturated heterocycles. The Balaban J connectivity index is 2.29. The van der Waals surface area contributed by atoms with Gasteiger partial charge in [0.15, 0.2) is 0 Å². The van der Waals surface area contributed by atoms with Gasteiger partial charge in [0.2, 0.25) is 5.91 Å². The number of nitrogens with one attached hydrogen (secondary N) is 2. The van der Waals surface area contributed by atoms with Crippen molar-refractivity contribution >= 4 is 12.0 Å². The molecule has 0 bridgehead atoms. The van der Waals surface area contributed by atoms with E-state index >= 15 is 0 Å². The zero-order valence-corrected chi connectivity index (χ0v) is 10.8. The third kappa shape index (κ3) is 4.08. The Hall–Kier alpha value is -2.05. The van der Waals surface area contributed by atoms with Gasteiger partial charge in [-0.05, 0) is 6.92 Å². The van der Waals surface area contributed by atoms with Gasteiger partial charge < -0.3 is 19.9 Å². The molecule has 7 heteroatoms. The van der Waals surface area contributed by atoms with Gasteiger partial charge in [0.1, 0.15) is 11.9 Å². The van der Waals surface area contributed by atoms with E-state index in [0.717, 1.165) is 5.82 Å². The molecule has 1 aromatic heterocycles. The Morgan fingerprint density at radius 2 is 2.28 bits per heavy atom. The van der Waals surface area contributed by atoms with Crippen LogP contribution in [0.15, 0.2) is 12.4 Å². The molecule has 1 aromatic rings. The first-order valence-electron chi connectivity index (χ1n) is 5.63. The molecule has 18 heavy (non-hydrogen) atoms. The minimum absolute atomic E-state index is 0.255. The van der Waals surface area contributed by atoms with Gasteiger partial charge in [-0.25, -0.2) is 9.78 Å². The summed E-state index contributed by atoms with van der Waals surface area (Å²) in [5.74, 6) is 0.637. The molecule has 1 heterocycles. The number of aryl methyl sites for hydroxylation is 1. The summed E-state index contributed by atoms with van der Waals surface area (Å²) >= 11 is 0. The molecule has 0 saturated carbocycles. The molecule has 0 aliphatic heterocycles. The number of alkyl carbamates (subject to hydrolysis) is 1. The average Bonchev–Trinajstić information content (AvgIpc) is 2.74. The molecule has 0 fully saturated rings. The highest BCUT2D eigenvalue weighted by atomic mass is 16.5. The number of carbonyl (C=O) groups is 2. The summed E-state index contributed by atoms with van der Waals surface area (Å²) in [7, 11) is 3.15. The number of nitrogens with zero attached hydrogens (tertiary/aromatic N) is 2. The Bertz CT molecular complexity index is 416. The van der Waals surface area contributed by atoms with E-state index in [4.69, 9.17) is 0 Å². The fourth-order valence-corrected chi connectivity index (χ4v) is 1.39. The normalized spacial score (nSPS) is 11.7. The molecule has 1 atom stereocenters. The highest BCUT2D eigenvalue weighted by Gasteiger charge is 2.15. The molecule has 0 aliphatic rings. The van der Waals surface area contributed by atoms with Crippen molar-refractivity contribution in [2.45, 2.75) is 19.4 Å². The number of aromatic nitrogens is 2. The zero-order valence-electron chi connectivity index (χ0n) is 10.8. The van der Waals surface area contributed by atoms with Crippen molar-refractivity contribution in [2.24, 2.45) is 7.05 Å². The minimum Gasteiger partial charge on any atom is -0.453 e. The standard InChI is InChI=1S/C11H18N4O3/c1-8(14-11(17)18-3)10(16)13-5-4-9-12-6-7-15(9)2/h6-8H,4-5H2,1-3H3,(H,13,16)(H,14,17)/t8-/m1/s1. The minimum atomic E-state index is -0.626. The molecular weight excluding hydrogens is 236 g/mol.